The van der Waals surface area contributed by atoms with E-state index in [2.05, 4.69) is 44.9 Å². The van der Waals surface area contributed by atoms with Gasteiger partial charge >= 0.3 is 12.2 Å². The Labute approximate surface area is 359 Å². The number of benzene rings is 2. The molecule has 3 aromatic heterocycles. The predicted octanol–water partition coefficient (Wildman–Crippen LogP) is 7.73. The van der Waals surface area contributed by atoms with Gasteiger partial charge in [-0.3, -0.25) is 9.59 Å². The maximum absolute atomic E-state index is 13.8. The van der Waals surface area contributed by atoms with Gasteiger partial charge in [0.1, 0.15) is 29.2 Å². The molecule has 6 atom stereocenters. The fourth-order valence-electron chi connectivity index (χ4n) is 10.5. The molecular formula is C46H55N9O7. The molecule has 5 heterocycles. The first-order valence-electron chi connectivity index (χ1n) is 21.9. The van der Waals surface area contributed by atoms with Crippen molar-refractivity contribution >= 4 is 35.1 Å². The number of carbonyl (C=O) groups is 4. The van der Waals surface area contributed by atoms with E-state index in [-0.39, 0.29) is 35.7 Å². The smallest absolute Gasteiger partial charge is 0.407 e. The first-order chi connectivity index (χ1) is 30.0. The standard InChI is InChI=1S/C46H55N9O7/c1-23(2)37(52-45(58)60-5)43(56)54-17-7-9-33(54)41-47-20-31(50-41)29-15-13-27(35-25-11-12-26(19-25)36(29)35)28-14-16-30(39-40(28)62-22-49-39)32-21-48-42(51-32)34-10-8-18-55(34)44(57)38(24(3)4)53-46(59)61-6/h13-16,20-26,33-34,37-38H,7-12,17-19H2,1-6H3,(H,47,50)(H,48,51)(H,52,58)(H,53,59). The molecular weight excluding hydrogens is 791 g/mol. The minimum absolute atomic E-state index is 0.117. The van der Waals surface area contributed by atoms with Crippen LogP contribution in [0.25, 0.3) is 44.7 Å². The van der Waals surface area contributed by atoms with Gasteiger partial charge in [0.25, 0.3) is 0 Å². The number of likely N-dealkylation sites (tertiary alicyclic amines) is 2. The van der Waals surface area contributed by atoms with Crippen LogP contribution in [-0.2, 0) is 19.1 Å². The Bertz CT molecular complexity index is 2520. The average Bonchev–Trinajstić information content (AvgIpc) is 4.12. The van der Waals surface area contributed by atoms with Crippen LogP contribution in [0.2, 0.25) is 0 Å². The fraction of sp³-hybridized carbons (Fsp3) is 0.500. The SMILES string of the molecule is COC(=O)NC(C(=O)N1CCCC1c1ncc(-c2ccc(-c3ccc(-c4cnc(C5CCCN5C(=O)C(NC(=O)OC)C(C)C)[nH]4)c4ncoc34)c3c2C2CCC3C2)[nH]1)C(C)C. The molecule has 3 fully saturated rings. The second-order valence-corrected chi connectivity index (χ2v) is 17.8. The van der Waals surface area contributed by atoms with Crippen LogP contribution in [0.5, 0.6) is 0 Å². The van der Waals surface area contributed by atoms with Crippen LogP contribution in [-0.4, -0.2) is 98.1 Å². The third-order valence-corrected chi connectivity index (χ3v) is 13.6. The van der Waals surface area contributed by atoms with Gasteiger partial charge in [-0.05, 0) is 97.4 Å². The van der Waals surface area contributed by atoms with Crippen molar-refractivity contribution in [3.05, 3.63) is 65.8 Å². The maximum atomic E-state index is 13.8. The first kappa shape index (κ1) is 41.2. The molecule has 4 aliphatic rings. The Hall–Kier alpha value is -6.19. The zero-order valence-electron chi connectivity index (χ0n) is 36.1. The summed E-state index contributed by atoms with van der Waals surface area (Å²) < 4.78 is 15.8. The first-order valence-corrected chi connectivity index (χ1v) is 21.9. The number of aromatic nitrogens is 5. The highest BCUT2D eigenvalue weighted by atomic mass is 16.5. The number of amides is 4. The molecule has 1 saturated carbocycles. The fourth-order valence-corrected chi connectivity index (χ4v) is 10.5. The lowest BCUT2D eigenvalue weighted by Crippen LogP contribution is -2.51. The molecule has 2 aliphatic carbocycles. The molecule has 2 aromatic carbocycles. The zero-order chi connectivity index (χ0) is 43.4. The van der Waals surface area contributed by atoms with Gasteiger partial charge in [-0.1, -0.05) is 39.8 Å². The van der Waals surface area contributed by atoms with E-state index in [0.29, 0.717) is 36.3 Å². The number of methoxy groups -OCH3 is 2. The van der Waals surface area contributed by atoms with Crippen molar-refractivity contribution in [3.8, 4) is 33.6 Å². The van der Waals surface area contributed by atoms with Gasteiger partial charge in [0.15, 0.2) is 12.0 Å². The third-order valence-electron chi connectivity index (χ3n) is 13.6. The van der Waals surface area contributed by atoms with Gasteiger partial charge in [0.2, 0.25) is 11.8 Å². The summed E-state index contributed by atoms with van der Waals surface area (Å²) in [6.07, 6.45) is 10.5. The molecule has 2 bridgehead atoms. The Kier molecular flexibility index (Phi) is 11.0. The summed E-state index contributed by atoms with van der Waals surface area (Å²) in [6, 6.07) is 6.66. The molecule has 62 heavy (non-hydrogen) atoms. The predicted molar refractivity (Wildman–Crippen MR) is 230 cm³/mol. The average molecular weight is 846 g/mol. The van der Waals surface area contributed by atoms with Gasteiger partial charge in [0.05, 0.1) is 50.1 Å². The summed E-state index contributed by atoms with van der Waals surface area (Å²) >= 11 is 0. The molecule has 16 heteroatoms. The Morgan fingerprint density at radius 1 is 0.677 bits per heavy atom. The minimum atomic E-state index is -0.718. The van der Waals surface area contributed by atoms with Crippen LogP contribution in [0.3, 0.4) is 0 Å². The number of carbonyl (C=O) groups excluding carboxylic acids is 4. The highest BCUT2D eigenvalue weighted by Gasteiger charge is 2.43. The lowest BCUT2D eigenvalue weighted by atomic mass is 9.82. The second kappa shape index (κ2) is 16.6. The van der Waals surface area contributed by atoms with E-state index in [0.717, 1.165) is 89.9 Å². The number of hydrogen-bond acceptors (Lipinski definition) is 10. The Balaban J connectivity index is 0.998. The molecule has 0 spiro atoms. The molecule has 2 aliphatic heterocycles. The van der Waals surface area contributed by atoms with Crippen LogP contribution in [0.15, 0.2) is 47.5 Å². The molecule has 5 aromatic rings. The number of nitrogens with zero attached hydrogens (tertiary/aromatic N) is 5. The largest absolute Gasteiger partial charge is 0.453 e. The lowest BCUT2D eigenvalue weighted by molar-refractivity contribution is -0.136. The number of nitrogens with one attached hydrogen (secondary N) is 4. The molecule has 6 unspecified atom stereocenters. The van der Waals surface area contributed by atoms with Gasteiger partial charge in [-0.15, -0.1) is 0 Å². The molecule has 0 radical (unpaired) electrons. The monoisotopic (exact) mass is 845 g/mol. The van der Waals surface area contributed by atoms with Crippen molar-refractivity contribution in [2.75, 3.05) is 27.3 Å². The minimum Gasteiger partial charge on any atom is -0.453 e. The van der Waals surface area contributed by atoms with Crippen molar-refractivity contribution in [3.63, 3.8) is 0 Å². The number of imidazole rings is 2. The van der Waals surface area contributed by atoms with Gasteiger partial charge < -0.3 is 44.3 Å². The van der Waals surface area contributed by atoms with Gasteiger partial charge in [-0.2, -0.15) is 0 Å². The molecule has 2 saturated heterocycles. The number of aromatic amines is 2. The third kappa shape index (κ3) is 7.16. The topological polar surface area (TPSA) is 201 Å². The molecule has 16 nitrogen and oxygen atoms in total. The van der Waals surface area contributed by atoms with E-state index in [1.807, 2.05) is 38.8 Å². The number of rotatable bonds is 11. The highest BCUT2D eigenvalue weighted by molar-refractivity contribution is 6.00. The molecule has 9 rings (SSSR count). The number of H-pyrrole nitrogens is 2. The second-order valence-electron chi connectivity index (χ2n) is 17.8. The van der Waals surface area contributed by atoms with Crippen molar-refractivity contribution in [2.24, 2.45) is 11.8 Å². The van der Waals surface area contributed by atoms with Crippen molar-refractivity contribution in [2.45, 2.75) is 109 Å². The van der Waals surface area contributed by atoms with E-state index in [1.165, 1.54) is 31.7 Å². The van der Waals surface area contributed by atoms with Gasteiger partial charge in [-0.25, -0.2) is 24.5 Å². The summed E-state index contributed by atoms with van der Waals surface area (Å²) in [5, 5.41) is 5.45. The number of hydrogen-bond donors (Lipinski definition) is 4. The summed E-state index contributed by atoms with van der Waals surface area (Å²) in [4.78, 5) is 76.9. The Morgan fingerprint density at radius 3 is 1.69 bits per heavy atom. The lowest BCUT2D eigenvalue weighted by Gasteiger charge is -2.30. The van der Waals surface area contributed by atoms with Crippen LogP contribution < -0.4 is 10.6 Å². The summed E-state index contributed by atoms with van der Waals surface area (Å²) in [5.41, 5.74) is 9.91. The van der Waals surface area contributed by atoms with E-state index in [4.69, 9.17) is 28.8 Å². The quantitative estimate of drug-likeness (QED) is 0.102. The van der Waals surface area contributed by atoms with Crippen LogP contribution in [0.1, 0.15) is 119 Å². The van der Waals surface area contributed by atoms with Crippen LogP contribution >= 0.6 is 0 Å². The molecule has 326 valence electrons. The maximum Gasteiger partial charge on any atom is 0.407 e. The van der Waals surface area contributed by atoms with Crippen molar-refractivity contribution < 1.29 is 33.1 Å². The summed E-state index contributed by atoms with van der Waals surface area (Å²) in [6.45, 7) is 8.79. The van der Waals surface area contributed by atoms with E-state index in [9.17, 15) is 19.2 Å². The summed E-state index contributed by atoms with van der Waals surface area (Å²) in [5.74, 6) is 1.74. The molecule has 4 N–H and O–H groups in total. The number of oxazole rings is 1. The van der Waals surface area contributed by atoms with Crippen molar-refractivity contribution in [1.29, 1.82) is 0 Å². The van der Waals surface area contributed by atoms with E-state index < -0.39 is 24.3 Å². The number of ether oxygens (including phenoxy) is 2. The van der Waals surface area contributed by atoms with Crippen LogP contribution in [0, 0.1) is 11.8 Å². The van der Waals surface area contributed by atoms with Gasteiger partial charge in [0, 0.05) is 29.8 Å². The van der Waals surface area contributed by atoms with E-state index in [1.54, 1.807) is 11.1 Å². The number of alkyl carbamates (subject to hydrolysis) is 2. The van der Waals surface area contributed by atoms with Crippen LogP contribution in [0.4, 0.5) is 9.59 Å². The normalized spacial score (nSPS) is 21.5. The summed E-state index contributed by atoms with van der Waals surface area (Å²) in [7, 11) is 2.59. The molecule has 4 amide bonds. The zero-order valence-corrected chi connectivity index (χ0v) is 36.1. The van der Waals surface area contributed by atoms with Crippen molar-refractivity contribution in [1.82, 2.24) is 45.4 Å². The highest BCUT2D eigenvalue weighted by Crippen LogP contribution is 2.58. The Morgan fingerprint density at radius 2 is 1.16 bits per heavy atom. The number of fused-ring (bicyclic) bond motifs is 6. The van der Waals surface area contributed by atoms with E-state index >= 15 is 0 Å².